The lowest BCUT2D eigenvalue weighted by Crippen LogP contribution is -1.81. The minimum absolute atomic E-state index is 0.278. The van der Waals surface area contributed by atoms with Crippen LogP contribution in [-0.2, 0) is 6.42 Å². The normalized spacial score (nSPS) is 10.0. The summed E-state index contributed by atoms with van der Waals surface area (Å²) in [7, 11) is 0. The summed E-state index contributed by atoms with van der Waals surface area (Å²) in [5, 5.41) is 11.4. The summed E-state index contributed by atoms with van der Waals surface area (Å²) in [6, 6.07) is 6.01. The highest BCUT2D eigenvalue weighted by molar-refractivity contribution is 7.23. The number of thiophene rings is 1. The lowest BCUT2D eigenvalue weighted by atomic mass is 10.4. The van der Waals surface area contributed by atoms with E-state index in [1.54, 1.807) is 11.3 Å². The molecule has 0 radical (unpaired) electrons. The van der Waals surface area contributed by atoms with E-state index in [2.05, 4.69) is 4.98 Å². The van der Waals surface area contributed by atoms with Crippen molar-refractivity contribution in [3.05, 3.63) is 27.5 Å². The number of nitriles is 1. The summed E-state index contributed by atoms with van der Waals surface area (Å²) in [5.74, 6) is 0. The van der Waals surface area contributed by atoms with Crippen LogP contribution >= 0.6 is 34.3 Å². The van der Waals surface area contributed by atoms with E-state index in [0.717, 1.165) is 9.88 Å². The van der Waals surface area contributed by atoms with Gasteiger partial charge in [0.15, 0.2) is 0 Å². The van der Waals surface area contributed by atoms with E-state index in [1.807, 2.05) is 23.6 Å². The Balaban J connectivity index is 2.39. The predicted molar refractivity (Wildman–Crippen MR) is 59.8 cm³/mol. The first-order chi connectivity index (χ1) is 6.81. The molecule has 0 saturated heterocycles. The molecule has 0 atom stereocenters. The standard InChI is InChI=1S/C9H5ClN2S2/c10-8-6(3-4-11)12-9(14-8)7-2-1-5-13-7/h1-2,5H,3H2. The summed E-state index contributed by atoms with van der Waals surface area (Å²) in [6.45, 7) is 0. The molecule has 2 aromatic rings. The van der Waals surface area contributed by atoms with Gasteiger partial charge < -0.3 is 0 Å². The van der Waals surface area contributed by atoms with Gasteiger partial charge in [-0.2, -0.15) is 5.26 Å². The molecule has 0 unspecified atom stereocenters. The fourth-order valence-electron chi connectivity index (χ4n) is 1.02. The van der Waals surface area contributed by atoms with Gasteiger partial charge in [0.05, 0.1) is 23.1 Å². The molecule has 0 aromatic carbocycles. The number of aromatic nitrogens is 1. The molecule has 0 fully saturated rings. The average Bonchev–Trinajstić information content (AvgIpc) is 2.76. The fraction of sp³-hybridized carbons (Fsp3) is 0.111. The van der Waals surface area contributed by atoms with Gasteiger partial charge in [0, 0.05) is 0 Å². The SMILES string of the molecule is N#CCc1nc(-c2cccs2)sc1Cl. The van der Waals surface area contributed by atoms with Crippen LogP contribution in [0.25, 0.3) is 9.88 Å². The maximum atomic E-state index is 8.54. The van der Waals surface area contributed by atoms with Gasteiger partial charge in [-0.1, -0.05) is 17.7 Å². The van der Waals surface area contributed by atoms with E-state index in [1.165, 1.54) is 11.3 Å². The van der Waals surface area contributed by atoms with Gasteiger partial charge in [0.2, 0.25) is 0 Å². The summed E-state index contributed by atoms with van der Waals surface area (Å²) < 4.78 is 0.620. The Morgan fingerprint density at radius 3 is 3.07 bits per heavy atom. The Morgan fingerprint density at radius 1 is 1.57 bits per heavy atom. The van der Waals surface area contributed by atoms with Crippen molar-refractivity contribution in [3.63, 3.8) is 0 Å². The topological polar surface area (TPSA) is 36.7 Å². The van der Waals surface area contributed by atoms with Gasteiger partial charge >= 0.3 is 0 Å². The monoisotopic (exact) mass is 240 g/mol. The molecule has 0 saturated carbocycles. The second-order valence-corrected chi connectivity index (χ2v) is 5.10. The number of nitrogens with zero attached hydrogens (tertiary/aromatic N) is 2. The number of hydrogen-bond acceptors (Lipinski definition) is 4. The zero-order chi connectivity index (χ0) is 9.97. The van der Waals surface area contributed by atoms with Crippen molar-refractivity contribution in [2.24, 2.45) is 0 Å². The first-order valence-electron chi connectivity index (χ1n) is 3.87. The van der Waals surface area contributed by atoms with Crippen LogP contribution < -0.4 is 0 Å². The molecule has 0 amide bonds. The molecule has 5 heteroatoms. The molecule has 2 heterocycles. The smallest absolute Gasteiger partial charge is 0.135 e. The summed E-state index contributed by atoms with van der Waals surface area (Å²) in [5.41, 5.74) is 0.683. The average molecular weight is 241 g/mol. The molecule has 2 nitrogen and oxygen atoms in total. The molecule has 0 aliphatic carbocycles. The van der Waals surface area contributed by atoms with Crippen molar-refractivity contribution in [1.29, 1.82) is 5.26 Å². The second-order valence-electron chi connectivity index (χ2n) is 2.55. The molecular weight excluding hydrogens is 236 g/mol. The van der Waals surface area contributed by atoms with E-state index in [4.69, 9.17) is 16.9 Å². The molecule has 70 valence electrons. The van der Waals surface area contributed by atoms with Gasteiger partial charge in [-0.3, -0.25) is 0 Å². The Hall–Kier alpha value is -0.890. The zero-order valence-corrected chi connectivity index (χ0v) is 9.42. The van der Waals surface area contributed by atoms with E-state index < -0.39 is 0 Å². The van der Waals surface area contributed by atoms with Crippen molar-refractivity contribution >= 4 is 34.3 Å². The Labute approximate surface area is 94.4 Å². The summed E-state index contributed by atoms with van der Waals surface area (Å²) in [6.07, 6.45) is 0.278. The first-order valence-corrected chi connectivity index (χ1v) is 5.94. The van der Waals surface area contributed by atoms with Crippen molar-refractivity contribution in [2.75, 3.05) is 0 Å². The highest BCUT2D eigenvalue weighted by Crippen LogP contribution is 2.34. The largest absolute Gasteiger partial charge is 0.238 e. The molecule has 2 aromatic heterocycles. The van der Waals surface area contributed by atoms with Crippen molar-refractivity contribution in [1.82, 2.24) is 4.98 Å². The summed E-state index contributed by atoms with van der Waals surface area (Å²) in [4.78, 5) is 5.41. The highest BCUT2D eigenvalue weighted by Gasteiger charge is 2.10. The number of halogens is 1. The van der Waals surface area contributed by atoms with Crippen LogP contribution in [0.15, 0.2) is 17.5 Å². The molecular formula is C9H5ClN2S2. The van der Waals surface area contributed by atoms with Gasteiger partial charge in [-0.25, -0.2) is 4.98 Å². The molecule has 0 N–H and O–H groups in total. The van der Waals surface area contributed by atoms with Gasteiger partial charge in [-0.15, -0.1) is 22.7 Å². The summed E-state index contributed by atoms with van der Waals surface area (Å²) >= 11 is 9.00. The lowest BCUT2D eigenvalue weighted by Gasteiger charge is -1.85. The van der Waals surface area contributed by atoms with Crippen LogP contribution in [-0.4, -0.2) is 4.98 Å². The van der Waals surface area contributed by atoms with Crippen LogP contribution in [0.5, 0.6) is 0 Å². The van der Waals surface area contributed by atoms with Crippen LogP contribution in [0.4, 0.5) is 0 Å². The van der Waals surface area contributed by atoms with Crippen LogP contribution in [0, 0.1) is 11.3 Å². The lowest BCUT2D eigenvalue weighted by molar-refractivity contribution is 1.16. The molecule has 14 heavy (non-hydrogen) atoms. The third-order valence-electron chi connectivity index (χ3n) is 1.63. The third-order valence-corrected chi connectivity index (χ3v) is 4.00. The van der Waals surface area contributed by atoms with E-state index >= 15 is 0 Å². The van der Waals surface area contributed by atoms with Crippen LogP contribution in [0.3, 0.4) is 0 Å². The minimum atomic E-state index is 0.278. The van der Waals surface area contributed by atoms with Crippen LogP contribution in [0.2, 0.25) is 4.34 Å². The van der Waals surface area contributed by atoms with Gasteiger partial charge in [-0.05, 0) is 11.4 Å². The second kappa shape index (κ2) is 4.09. The van der Waals surface area contributed by atoms with Crippen molar-refractivity contribution < 1.29 is 0 Å². The highest BCUT2D eigenvalue weighted by atomic mass is 35.5. The molecule has 0 aliphatic heterocycles. The van der Waals surface area contributed by atoms with E-state index in [0.29, 0.717) is 10.0 Å². The first kappa shape index (κ1) is 9.66. The zero-order valence-electron chi connectivity index (χ0n) is 7.03. The fourth-order valence-corrected chi connectivity index (χ4v) is 2.96. The Bertz CT molecular complexity index is 467. The quantitative estimate of drug-likeness (QED) is 0.804. The Kier molecular flexibility index (Phi) is 2.82. The maximum Gasteiger partial charge on any atom is 0.135 e. The third kappa shape index (κ3) is 1.80. The minimum Gasteiger partial charge on any atom is -0.238 e. The number of thiazole rings is 1. The van der Waals surface area contributed by atoms with Gasteiger partial charge in [0.1, 0.15) is 9.34 Å². The molecule has 0 aliphatic rings. The van der Waals surface area contributed by atoms with E-state index in [-0.39, 0.29) is 6.42 Å². The number of hydrogen-bond donors (Lipinski definition) is 0. The molecule has 0 spiro atoms. The molecule has 2 rings (SSSR count). The molecule has 0 bridgehead atoms. The van der Waals surface area contributed by atoms with Gasteiger partial charge in [0.25, 0.3) is 0 Å². The van der Waals surface area contributed by atoms with Crippen molar-refractivity contribution in [3.8, 4) is 16.0 Å². The van der Waals surface area contributed by atoms with Crippen molar-refractivity contribution in [2.45, 2.75) is 6.42 Å². The maximum absolute atomic E-state index is 8.54. The number of rotatable bonds is 2. The van der Waals surface area contributed by atoms with Crippen LogP contribution in [0.1, 0.15) is 5.69 Å². The Morgan fingerprint density at radius 2 is 2.43 bits per heavy atom. The predicted octanol–water partition coefficient (Wildman–Crippen LogP) is 3.59. The van der Waals surface area contributed by atoms with E-state index in [9.17, 15) is 0 Å².